The van der Waals surface area contributed by atoms with Gasteiger partial charge < -0.3 is 5.32 Å². The van der Waals surface area contributed by atoms with Crippen molar-refractivity contribution in [3.8, 4) is 0 Å². The molecule has 22 heavy (non-hydrogen) atoms. The quantitative estimate of drug-likeness (QED) is 0.367. The summed E-state index contributed by atoms with van der Waals surface area (Å²) in [6.07, 6.45) is 15.2. The molecule has 0 aromatic carbocycles. The Morgan fingerprint density at radius 3 is 2.32 bits per heavy atom. The fraction of sp³-hybridized carbons (Fsp3) is 0.524. The van der Waals surface area contributed by atoms with Crippen LogP contribution in [0.3, 0.4) is 0 Å². The Kier molecular flexibility index (Phi) is 10.4. The van der Waals surface area contributed by atoms with Crippen molar-refractivity contribution in [2.75, 3.05) is 6.54 Å². The molecule has 0 saturated carbocycles. The number of allylic oxidation sites excluding steroid dienone is 6. The van der Waals surface area contributed by atoms with E-state index in [1.54, 1.807) is 0 Å². The minimum atomic E-state index is 0.453. The molecule has 0 spiro atoms. The van der Waals surface area contributed by atoms with Crippen LogP contribution < -0.4 is 5.32 Å². The van der Waals surface area contributed by atoms with Crippen molar-refractivity contribution in [1.82, 2.24) is 5.32 Å². The van der Waals surface area contributed by atoms with Gasteiger partial charge in [0.2, 0.25) is 0 Å². The summed E-state index contributed by atoms with van der Waals surface area (Å²) in [4.78, 5) is 0. The SMILES string of the molecule is C=C/C(C)=C/C=C(\C=C/C)C(=C)NCCCCCC(C)(C)C. The molecule has 0 aromatic heterocycles. The molecule has 1 heteroatoms. The molecule has 0 aliphatic carbocycles. The van der Waals surface area contributed by atoms with Crippen molar-refractivity contribution in [2.45, 2.75) is 60.3 Å². The molecule has 1 N–H and O–H groups in total. The van der Waals surface area contributed by atoms with E-state index in [0.29, 0.717) is 5.41 Å². The summed E-state index contributed by atoms with van der Waals surface area (Å²) in [7, 11) is 0. The second kappa shape index (κ2) is 11.1. The smallest absolute Gasteiger partial charge is 0.0340 e. The fourth-order valence-corrected chi connectivity index (χ4v) is 2.02. The highest BCUT2D eigenvalue weighted by atomic mass is 14.9. The number of rotatable bonds is 10. The average Bonchev–Trinajstić information content (AvgIpc) is 2.45. The second-order valence-corrected chi connectivity index (χ2v) is 7.01. The van der Waals surface area contributed by atoms with Gasteiger partial charge in [-0.1, -0.05) is 82.7 Å². The van der Waals surface area contributed by atoms with Gasteiger partial charge in [-0.25, -0.2) is 0 Å². The minimum Gasteiger partial charge on any atom is -0.385 e. The first kappa shape index (κ1) is 20.5. The summed E-state index contributed by atoms with van der Waals surface area (Å²) in [5, 5.41) is 3.44. The normalized spacial score (nSPS) is 13.5. The Morgan fingerprint density at radius 1 is 1.09 bits per heavy atom. The van der Waals surface area contributed by atoms with E-state index in [-0.39, 0.29) is 0 Å². The second-order valence-electron chi connectivity index (χ2n) is 7.01. The lowest BCUT2D eigenvalue weighted by Gasteiger charge is -2.17. The van der Waals surface area contributed by atoms with E-state index in [0.717, 1.165) is 23.4 Å². The molecule has 0 amide bonds. The summed E-state index contributed by atoms with van der Waals surface area (Å²) < 4.78 is 0. The molecule has 0 aliphatic rings. The zero-order valence-corrected chi connectivity index (χ0v) is 15.3. The van der Waals surface area contributed by atoms with E-state index in [1.165, 1.54) is 25.7 Å². The molecule has 0 aromatic rings. The zero-order chi connectivity index (χ0) is 17.0. The number of hydrogen-bond acceptors (Lipinski definition) is 1. The van der Waals surface area contributed by atoms with Gasteiger partial charge in [-0.3, -0.25) is 0 Å². The maximum atomic E-state index is 4.15. The van der Waals surface area contributed by atoms with Crippen molar-refractivity contribution in [1.29, 1.82) is 0 Å². The van der Waals surface area contributed by atoms with E-state index >= 15 is 0 Å². The third-order valence-electron chi connectivity index (χ3n) is 3.48. The Hall–Kier alpha value is -1.50. The van der Waals surface area contributed by atoms with Crippen LogP contribution in [0.15, 0.2) is 60.4 Å². The molecular formula is C21H35N. The van der Waals surface area contributed by atoms with E-state index in [1.807, 2.05) is 26.0 Å². The lowest BCUT2D eigenvalue weighted by Crippen LogP contribution is -2.15. The van der Waals surface area contributed by atoms with Gasteiger partial charge in [-0.2, -0.15) is 0 Å². The summed E-state index contributed by atoms with van der Waals surface area (Å²) in [5.41, 5.74) is 3.71. The molecule has 0 saturated heterocycles. The maximum absolute atomic E-state index is 4.15. The van der Waals surface area contributed by atoms with Gasteiger partial charge >= 0.3 is 0 Å². The topological polar surface area (TPSA) is 12.0 Å². The van der Waals surface area contributed by atoms with Crippen LogP contribution in [0.4, 0.5) is 0 Å². The highest BCUT2D eigenvalue weighted by molar-refractivity contribution is 5.40. The van der Waals surface area contributed by atoms with E-state index in [4.69, 9.17) is 0 Å². The maximum Gasteiger partial charge on any atom is 0.0340 e. The largest absolute Gasteiger partial charge is 0.385 e. The van der Waals surface area contributed by atoms with Crippen LogP contribution >= 0.6 is 0 Å². The molecule has 124 valence electrons. The van der Waals surface area contributed by atoms with Crippen LogP contribution in [0.2, 0.25) is 0 Å². The third kappa shape index (κ3) is 11.2. The Bertz CT molecular complexity index is 427. The van der Waals surface area contributed by atoms with E-state index in [9.17, 15) is 0 Å². The van der Waals surface area contributed by atoms with Crippen molar-refractivity contribution < 1.29 is 0 Å². The molecule has 0 unspecified atom stereocenters. The molecule has 0 heterocycles. The highest BCUT2D eigenvalue weighted by Gasteiger charge is 2.08. The minimum absolute atomic E-state index is 0.453. The molecule has 0 rings (SSSR count). The lowest BCUT2D eigenvalue weighted by atomic mass is 9.89. The standard InChI is InChI=1S/C21H35N/c1-8-13-20(15-14-18(3)9-2)19(4)22-17-12-10-11-16-21(5,6)7/h8-9,13-15,22H,2,4,10-12,16-17H2,1,3,5-7H3/b13-8-,18-14+,20-15+. The summed E-state index contributed by atoms with van der Waals surface area (Å²) in [6, 6.07) is 0. The van der Waals surface area contributed by atoms with Gasteiger partial charge in [0.25, 0.3) is 0 Å². The predicted octanol–water partition coefficient (Wildman–Crippen LogP) is 6.33. The van der Waals surface area contributed by atoms with E-state index in [2.05, 4.69) is 57.5 Å². The first-order valence-electron chi connectivity index (χ1n) is 8.37. The van der Waals surface area contributed by atoms with Crippen molar-refractivity contribution >= 4 is 0 Å². The number of nitrogens with one attached hydrogen (secondary N) is 1. The number of hydrogen-bond donors (Lipinski definition) is 1. The molecular weight excluding hydrogens is 266 g/mol. The van der Waals surface area contributed by atoms with Crippen LogP contribution in [0.25, 0.3) is 0 Å². The third-order valence-corrected chi connectivity index (χ3v) is 3.48. The van der Waals surface area contributed by atoms with Crippen LogP contribution in [-0.2, 0) is 0 Å². The molecule has 0 fully saturated rings. The van der Waals surface area contributed by atoms with E-state index < -0.39 is 0 Å². The van der Waals surface area contributed by atoms with Crippen LogP contribution in [-0.4, -0.2) is 6.54 Å². The van der Waals surface area contributed by atoms with Gasteiger partial charge in [0, 0.05) is 12.2 Å². The lowest BCUT2D eigenvalue weighted by molar-refractivity contribution is 0.358. The molecule has 0 atom stereocenters. The van der Waals surface area contributed by atoms with Crippen molar-refractivity contribution in [3.63, 3.8) is 0 Å². The molecule has 0 radical (unpaired) electrons. The Labute approximate surface area is 138 Å². The average molecular weight is 302 g/mol. The van der Waals surface area contributed by atoms with Gasteiger partial charge in [0.1, 0.15) is 0 Å². The molecule has 1 nitrogen and oxygen atoms in total. The Morgan fingerprint density at radius 2 is 1.77 bits per heavy atom. The van der Waals surface area contributed by atoms with Gasteiger partial charge in [-0.05, 0) is 37.7 Å². The summed E-state index contributed by atoms with van der Waals surface area (Å²) >= 11 is 0. The van der Waals surface area contributed by atoms with Crippen molar-refractivity contribution in [3.05, 3.63) is 60.4 Å². The Balaban J connectivity index is 4.23. The van der Waals surface area contributed by atoms with Gasteiger partial charge in [0.05, 0.1) is 0 Å². The summed E-state index contributed by atoms with van der Waals surface area (Å²) in [6.45, 7) is 19.9. The first-order chi connectivity index (χ1) is 10.3. The number of unbranched alkanes of at least 4 members (excludes halogenated alkanes) is 2. The van der Waals surface area contributed by atoms with Gasteiger partial charge in [0.15, 0.2) is 0 Å². The van der Waals surface area contributed by atoms with Crippen LogP contribution in [0, 0.1) is 5.41 Å². The highest BCUT2D eigenvalue weighted by Crippen LogP contribution is 2.21. The predicted molar refractivity (Wildman–Crippen MR) is 102 cm³/mol. The summed E-state index contributed by atoms with van der Waals surface area (Å²) in [5.74, 6) is 0. The first-order valence-corrected chi connectivity index (χ1v) is 8.37. The van der Waals surface area contributed by atoms with Crippen LogP contribution in [0.5, 0.6) is 0 Å². The zero-order valence-electron chi connectivity index (χ0n) is 15.3. The van der Waals surface area contributed by atoms with Crippen LogP contribution in [0.1, 0.15) is 60.3 Å². The monoisotopic (exact) mass is 301 g/mol. The fourth-order valence-electron chi connectivity index (χ4n) is 2.02. The van der Waals surface area contributed by atoms with Gasteiger partial charge in [-0.15, -0.1) is 0 Å². The van der Waals surface area contributed by atoms with Crippen molar-refractivity contribution in [2.24, 2.45) is 5.41 Å². The molecule has 0 bridgehead atoms. The molecule has 0 aliphatic heterocycles.